The van der Waals surface area contributed by atoms with Crippen LogP contribution in [0.1, 0.15) is 54.9 Å². The molecular formula is C30H34N4O5S. The van der Waals surface area contributed by atoms with Gasteiger partial charge < -0.3 is 9.47 Å². The quantitative estimate of drug-likeness (QED) is 0.291. The first-order valence-electron chi connectivity index (χ1n) is 13.5. The van der Waals surface area contributed by atoms with Gasteiger partial charge in [0.25, 0.3) is 10.0 Å². The van der Waals surface area contributed by atoms with Gasteiger partial charge in [-0.2, -0.15) is 0 Å². The third-order valence-electron chi connectivity index (χ3n) is 7.57. The number of hydrogen-bond acceptors (Lipinski definition) is 7. The molecule has 1 aromatic heterocycles. The number of hydrogen-bond donors (Lipinski definition) is 0. The number of aryl methyl sites for hydroxylation is 3. The molecule has 0 radical (unpaired) electrons. The number of esters is 1. The second-order valence-corrected chi connectivity index (χ2v) is 11.9. The maximum Gasteiger partial charge on any atom is 0.306 e. The minimum Gasteiger partial charge on any atom is -0.487 e. The largest absolute Gasteiger partial charge is 0.487 e. The lowest BCUT2D eigenvalue weighted by atomic mass is 9.85. The normalized spacial score (nSPS) is 17.1. The fourth-order valence-corrected chi connectivity index (χ4v) is 7.03. The smallest absolute Gasteiger partial charge is 0.306 e. The average molecular weight is 563 g/mol. The minimum atomic E-state index is -3.92. The molecule has 0 aliphatic carbocycles. The highest BCUT2D eigenvalue weighted by Crippen LogP contribution is 2.39. The first-order chi connectivity index (χ1) is 19.1. The molecule has 210 valence electrons. The van der Waals surface area contributed by atoms with E-state index >= 15 is 0 Å². The van der Waals surface area contributed by atoms with Crippen LogP contribution in [-0.4, -0.2) is 48.6 Å². The van der Waals surface area contributed by atoms with Crippen LogP contribution in [0.3, 0.4) is 0 Å². The molecule has 1 aliphatic rings. The van der Waals surface area contributed by atoms with Gasteiger partial charge in [-0.1, -0.05) is 42.5 Å². The summed E-state index contributed by atoms with van der Waals surface area (Å²) >= 11 is 0. The van der Waals surface area contributed by atoms with E-state index in [-0.39, 0.29) is 42.5 Å². The van der Waals surface area contributed by atoms with Crippen LogP contribution in [0.25, 0.3) is 11.0 Å². The molecule has 4 aromatic rings. The maximum absolute atomic E-state index is 14.0. The molecule has 0 saturated carbocycles. The number of carbonyl (C=O) groups is 1. The Morgan fingerprint density at radius 1 is 1.12 bits per heavy atom. The van der Waals surface area contributed by atoms with E-state index < -0.39 is 10.0 Å². The van der Waals surface area contributed by atoms with Crippen LogP contribution in [0.4, 0.5) is 5.69 Å². The van der Waals surface area contributed by atoms with Crippen molar-refractivity contribution in [3.8, 4) is 5.75 Å². The van der Waals surface area contributed by atoms with E-state index in [1.807, 2.05) is 58.2 Å². The van der Waals surface area contributed by atoms with Gasteiger partial charge in [0.2, 0.25) is 0 Å². The van der Waals surface area contributed by atoms with Crippen LogP contribution in [0.5, 0.6) is 5.75 Å². The highest BCUT2D eigenvalue weighted by molar-refractivity contribution is 7.93. The monoisotopic (exact) mass is 562 g/mol. The molecule has 5 rings (SSSR count). The van der Waals surface area contributed by atoms with Gasteiger partial charge in [0.15, 0.2) is 0 Å². The summed E-state index contributed by atoms with van der Waals surface area (Å²) in [6.45, 7) is 8.07. The van der Waals surface area contributed by atoms with Crippen molar-refractivity contribution in [3.63, 3.8) is 0 Å². The Labute approximate surface area is 234 Å². The number of nitrogens with zero attached hydrogens (tertiary/aromatic N) is 4. The van der Waals surface area contributed by atoms with Crippen LogP contribution < -0.4 is 9.04 Å². The lowest BCUT2D eigenvalue weighted by Gasteiger charge is -2.28. The van der Waals surface area contributed by atoms with Crippen LogP contribution >= 0.6 is 0 Å². The Kier molecular flexibility index (Phi) is 7.55. The van der Waals surface area contributed by atoms with Crippen LogP contribution in [-0.2, 0) is 26.6 Å². The van der Waals surface area contributed by atoms with Gasteiger partial charge in [-0.15, -0.1) is 5.10 Å². The Bertz CT molecular complexity index is 1680. The predicted octanol–water partition coefficient (Wildman–Crippen LogP) is 5.04. The molecule has 1 unspecified atom stereocenters. The number of anilines is 1. The first kappa shape index (κ1) is 27.6. The molecule has 0 N–H and O–H groups in total. The number of carbonyl (C=O) groups excluding carboxylic acids is 1. The SMILES string of the molecule is CCOC(=O)CC(c1ccc(C)c(N2C[C@@H](CC)Oc3ccccc3S2(=O)=O)c1)c1ccc2c(nnn2C)c1C. The molecule has 0 bridgehead atoms. The summed E-state index contributed by atoms with van der Waals surface area (Å²) in [7, 11) is -2.08. The predicted molar refractivity (Wildman–Crippen MR) is 153 cm³/mol. The summed E-state index contributed by atoms with van der Waals surface area (Å²) in [6, 6.07) is 16.4. The van der Waals surface area contributed by atoms with Crippen molar-refractivity contribution in [2.24, 2.45) is 7.05 Å². The fourth-order valence-electron chi connectivity index (χ4n) is 5.35. The maximum atomic E-state index is 14.0. The standard InChI is InChI=1S/C30H34N4O5S/c1-6-22-18-34(40(36,37)28-11-9-8-10-27(28)39-22)26-16-21(13-12-19(26)3)24(17-29(35)38-7-2)23-14-15-25-30(20(23)4)31-32-33(25)5/h8-16,22,24H,6-7,17-18H2,1-5H3/t22-,24?/m1/s1. The number of aromatic nitrogens is 3. The zero-order valence-electron chi connectivity index (χ0n) is 23.4. The average Bonchev–Trinajstić information content (AvgIpc) is 3.27. The molecule has 2 atom stereocenters. The van der Waals surface area contributed by atoms with E-state index in [4.69, 9.17) is 9.47 Å². The fraction of sp³-hybridized carbons (Fsp3) is 0.367. The van der Waals surface area contributed by atoms with Crippen molar-refractivity contribution in [2.75, 3.05) is 17.5 Å². The van der Waals surface area contributed by atoms with Crippen LogP contribution in [0.2, 0.25) is 0 Å². The van der Waals surface area contributed by atoms with E-state index in [0.717, 1.165) is 33.3 Å². The molecular weight excluding hydrogens is 528 g/mol. The van der Waals surface area contributed by atoms with E-state index in [1.165, 1.54) is 4.31 Å². The Balaban J connectivity index is 1.66. The molecule has 3 aromatic carbocycles. The van der Waals surface area contributed by atoms with Crippen LogP contribution in [0.15, 0.2) is 59.5 Å². The van der Waals surface area contributed by atoms with E-state index in [0.29, 0.717) is 17.9 Å². The number of sulfonamides is 1. The minimum absolute atomic E-state index is 0.0965. The van der Waals surface area contributed by atoms with Crippen molar-refractivity contribution in [2.45, 2.75) is 57.5 Å². The third kappa shape index (κ3) is 4.92. The number of benzene rings is 3. The second-order valence-electron chi connectivity index (χ2n) is 10.1. The Morgan fingerprint density at radius 2 is 1.90 bits per heavy atom. The van der Waals surface area contributed by atoms with Crippen LogP contribution in [0, 0.1) is 13.8 Å². The molecule has 9 nitrogen and oxygen atoms in total. The number of fused-ring (bicyclic) bond motifs is 2. The number of ether oxygens (including phenoxy) is 2. The molecule has 10 heteroatoms. The van der Waals surface area contributed by atoms with Gasteiger partial charge >= 0.3 is 5.97 Å². The lowest BCUT2D eigenvalue weighted by Crippen LogP contribution is -2.37. The summed E-state index contributed by atoms with van der Waals surface area (Å²) in [5, 5.41) is 8.49. The van der Waals surface area contributed by atoms with Gasteiger partial charge in [0, 0.05) is 13.0 Å². The highest BCUT2D eigenvalue weighted by atomic mass is 32.2. The number of rotatable bonds is 7. The molecule has 2 heterocycles. The molecule has 0 fully saturated rings. The van der Waals surface area contributed by atoms with E-state index in [1.54, 1.807) is 35.9 Å². The lowest BCUT2D eigenvalue weighted by molar-refractivity contribution is -0.143. The highest BCUT2D eigenvalue weighted by Gasteiger charge is 2.35. The van der Waals surface area contributed by atoms with Gasteiger partial charge in [-0.05, 0) is 73.7 Å². The van der Waals surface area contributed by atoms with Crippen molar-refractivity contribution < 1.29 is 22.7 Å². The molecule has 0 amide bonds. The Hall–Kier alpha value is -3.92. The summed E-state index contributed by atoms with van der Waals surface area (Å²) in [6.07, 6.45) is 0.416. The molecule has 0 spiro atoms. The van der Waals surface area contributed by atoms with Crippen molar-refractivity contribution in [3.05, 3.63) is 76.9 Å². The zero-order chi connectivity index (χ0) is 28.6. The van der Waals surface area contributed by atoms with Crippen molar-refractivity contribution >= 4 is 32.7 Å². The van der Waals surface area contributed by atoms with Gasteiger partial charge in [-0.25, -0.2) is 13.1 Å². The topological polar surface area (TPSA) is 104 Å². The van der Waals surface area contributed by atoms with E-state index in [2.05, 4.69) is 10.3 Å². The van der Waals surface area contributed by atoms with E-state index in [9.17, 15) is 13.2 Å². The zero-order valence-corrected chi connectivity index (χ0v) is 24.2. The summed E-state index contributed by atoms with van der Waals surface area (Å²) < 4.78 is 42.6. The van der Waals surface area contributed by atoms with Gasteiger partial charge in [0.1, 0.15) is 22.3 Å². The molecule has 40 heavy (non-hydrogen) atoms. The molecule has 0 saturated heterocycles. The summed E-state index contributed by atoms with van der Waals surface area (Å²) in [4.78, 5) is 13.0. The van der Waals surface area contributed by atoms with Gasteiger partial charge in [-0.3, -0.25) is 9.10 Å². The summed E-state index contributed by atoms with van der Waals surface area (Å²) in [5.74, 6) is -0.354. The Morgan fingerprint density at radius 3 is 2.65 bits per heavy atom. The summed E-state index contributed by atoms with van der Waals surface area (Å²) in [5.41, 5.74) is 5.64. The first-order valence-corrected chi connectivity index (χ1v) is 14.9. The second kappa shape index (κ2) is 10.9. The van der Waals surface area contributed by atoms with Gasteiger partial charge in [0.05, 0.1) is 30.8 Å². The molecule has 1 aliphatic heterocycles. The number of para-hydroxylation sites is 1. The third-order valence-corrected chi connectivity index (χ3v) is 9.39. The van der Waals surface area contributed by atoms with Crippen molar-refractivity contribution in [1.82, 2.24) is 15.0 Å². The van der Waals surface area contributed by atoms with Crippen molar-refractivity contribution in [1.29, 1.82) is 0 Å².